The summed E-state index contributed by atoms with van der Waals surface area (Å²) in [5, 5.41) is 0. The largest absolute Gasteiger partial charge is 0.383 e. The highest BCUT2D eigenvalue weighted by Gasteiger charge is 2.23. The highest BCUT2D eigenvalue weighted by molar-refractivity contribution is 5.78. The third-order valence-corrected chi connectivity index (χ3v) is 5.74. The van der Waals surface area contributed by atoms with Crippen molar-refractivity contribution >= 4 is 17.4 Å². The number of hydrogen-bond acceptors (Lipinski definition) is 5. The van der Waals surface area contributed by atoms with Crippen LogP contribution >= 0.6 is 0 Å². The molecule has 0 unspecified atom stereocenters. The fraction of sp³-hybridized carbons (Fsp3) is 0.292. The first-order valence-electron chi connectivity index (χ1n) is 10.8. The third-order valence-electron chi connectivity index (χ3n) is 5.74. The van der Waals surface area contributed by atoms with Crippen LogP contribution in [0.3, 0.4) is 0 Å². The van der Waals surface area contributed by atoms with E-state index in [0.29, 0.717) is 26.1 Å². The Morgan fingerprint density at radius 3 is 2.22 bits per heavy atom. The van der Waals surface area contributed by atoms with E-state index in [1.807, 2.05) is 70.5 Å². The van der Waals surface area contributed by atoms with E-state index >= 15 is 0 Å². The first kappa shape index (κ1) is 21.4. The number of nitrogens with one attached hydrogen (secondary N) is 1. The number of benzene rings is 2. The molecule has 1 aliphatic heterocycles. The molecule has 0 bridgehead atoms. The van der Waals surface area contributed by atoms with Gasteiger partial charge in [-0.15, -0.1) is 0 Å². The van der Waals surface area contributed by atoms with Gasteiger partial charge in [-0.2, -0.15) is 0 Å². The zero-order valence-corrected chi connectivity index (χ0v) is 17.9. The minimum Gasteiger partial charge on any atom is -0.383 e. The van der Waals surface area contributed by atoms with Crippen LogP contribution in [-0.2, 0) is 17.9 Å². The van der Waals surface area contributed by atoms with Gasteiger partial charge in [0.1, 0.15) is 11.5 Å². The molecule has 0 saturated carbocycles. The molecule has 0 spiro atoms. The molecule has 2 aromatic carbocycles. The predicted molar refractivity (Wildman–Crippen MR) is 125 cm³/mol. The van der Waals surface area contributed by atoms with Crippen LogP contribution in [0.4, 0.5) is 11.5 Å². The van der Waals surface area contributed by atoms with Crippen LogP contribution in [-0.4, -0.2) is 40.0 Å². The monoisotopic (exact) mass is 433 g/mol. The number of anilines is 2. The zero-order valence-electron chi connectivity index (χ0n) is 17.9. The molecule has 1 aromatic heterocycles. The molecule has 166 valence electrons. The highest BCUT2D eigenvalue weighted by atomic mass is 16.2. The van der Waals surface area contributed by atoms with Gasteiger partial charge in [0.2, 0.25) is 5.91 Å². The number of aromatic amines is 1. The van der Waals surface area contributed by atoms with Gasteiger partial charge in [0.05, 0.1) is 6.54 Å². The van der Waals surface area contributed by atoms with Crippen molar-refractivity contribution in [2.45, 2.75) is 25.9 Å². The van der Waals surface area contributed by atoms with Gasteiger partial charge in [0.15, 0.2) is 0 Å². The lowest BCUT2D eigenvalue weighted by atomic mass is 10.2. The van der Waals surface area contributed by atoms with E-state index in [4.69, 9.17) is 5.73 Å². The van der Waals surface area contributed by atoms with Crippen LogP contribution in [0.25, 0.3) is 0 Å². The predicted octanol–water partition coefficient (Wildman–Crippen LogP) is 1.80. The van der Waals surface area contributed by atoms with Gasteiger partial charge in [0.25, 0.3) is 5.56 Å². The minimum atomic E-state index is -0.547. The lowest BCUT2D eigenvalue weighted by molar-refractivity contribution is -0.127. The third kappa shape index (κ3) is 4.74. The van der Waals surface area contributed by atoms with Gasteiger partial charge < -0.3 is 15.5 Å². The first-order valence-corrected chi connectivity index (χ1v) is 10.8. The number of carbonyl (C=O) groups excluding carboxylic acids is 1. The summed E-state index contributed by atoms with van der Waals surface area (Å²) in [5.41, 5.74) is 7.49. The molecule has 1 fully saturated rings. The normalized spacial score (nSPS) is 13.5. The van der Waals surface area contributed by atoms with Gasteiger partial charge in [-0.25, -0.2) is 4.79 Å². The molecule has 4 rings (SSSR count). The van der Waals surface area contributed by atoms with Crippen LogP contribution in [0.15, 0.2) is 70.3 Å². The van der Waals surface area contributed by atoms with Gasteiger partial charge in [-0.1, -0.05) is 60.7 Å². The average Bonchev–Trinajstić information content (AvgIpc) is 3.21. The summed E-state index contributed by atoms with van der Waals surface area (Å²) >= 11 is 0. The van der Waals surface area contributed by atoms with E-state index in [0.717, 1.165) is 24.1 Å². The minimum absolute atomic E-state index is 0.117. The Hall–Kier alpha value is -3.81. The maximum Gasteiger partial charge on any atom is 0.330 e. The standard InChI is InChI=1S/C24H27N5O3/c25-22-21(23(31)26-24(32)29(22)17-19-10-5-2-6-11-19)28(16-18-8-3-1-4-9-18)15-14-27-13-7-12-20(27)30/h1-6,8-11H,7,12-17,25H2,(H,26,31,32). The SMILES string of the molecule is Nc1c(N(CCN2CCCC2=O)Cc2ccccc2)c(=O)[nH]c(=O)n1Cc1ccccc1. The second-order valence-corrected chi connectivity index (χ2v) is 7.96. The summed E-state index contributed by atoms with van der Waals surface area (Å²) in [7, 11) is 0. The number of nitrogens with zero attached hydrogens (tertiary/aromatic N) is 3. The number of nitrogen functional groups attached to an aromatic ring is 1. The fourth-order valence-corrected chi connectivity index (χ4v) is 4.06. The average molecular weight is 434 g/mol. The van der Waals surface area contributed by atoms with Crippen LogP contribution in [0.5, 0.6) is 0 Å². The molecule has 3 aromatic rings. The van der Waals surface area contributed by atoms with Crippen LogP contribution in [0.1, 0.15) is 24.0 Å². The molecule has 8 nitrogen and oxygen atoms in total. The van der Waals surface area contributed by atoms with Crippen LogP contribution in [0, 0.1) is 0 Å². The van der Waals surface area contributed by atoms with E-state index in [1.54, 1.807) is 0 Å². The molecule has 0 radical (unpaired) electrons. The molecule has 2 heterocycles. The molecule has 1 saturated heterocycles. The Morgan fingerprint density at radius 2 is 1.59 bits per heavy atom. The van der Waals surface area contributed by atoms with Gasteiger partial charge in [-0.3, -0.25) is 19.1 Å². The summed E-state index contributed by atoms with van der Waals surface area (Å²) < 4.78 is 1.38. The van der Waals surface area contributed by atoms with Crippen molar-refractivity contribution in [1.82, 2.24) is 14.5 Å². The fourth-order valence-electron chi connectivity index (χ4n) is 4.06. The number of H-pyrrole nitrogens is 1. The zero-order chi connectivity index (χ0) is 22.5. The van der Waals surface area contributed by atoms with E-state index < -0.39 is 11.2 Å². The Kier molecular flexibility index (Phi) is 6.39. The van der Waals surface area contributed by atoms with Crippen molar-refractivity contribution < 1.29 is 4.79 Å². The molecule has 1 aliphatic rings. The van der Waals surface area contributed by atoms with Crippen LogP contribution in [0.2, 0.25) is 0 Å². The van der Waals surface area contributed by atoms with E-state index in [2.05, 4.69) is 4.98 Å². The van der Waals surface area contributed by atoms with E-state index in [-0.39, 0.29) is 24.0 Å². The molecule has 0 aliphatic carbocycles. The maximum absolute atomic E-state index is 12.9. The first-order chi connectivity index (χ1) is 15.5. The Balaban J connectivity index is 1.70. The smallest absolute Gasteiger partial charge is 0.330 e. The summed E-state index contributed by atoms with van der Waals surface area (Å²) in [6.07, 6.45) is 1.41. The van der Waals surface area contributed by atoms with Gasteiger partial charge in [0, 0.05) is 32.6 Å². The highest BCUT2D eigenvalue weighted by Crippen LogP contribution is 2.21. The summed E-state index contributed by atoms with van der Waals surface area (Å²) in [6.45, 7) is 2.32. The number of hydrogen-bond donors (Lipinski definition) is 2. The maximum atomic E-state index is 12.9. The van der Waals surface area contributed by atoms with E-state index in [9.17, 15) is 14.4 Å². The Morgan fingerprint density at radius 1 is 0.938 bits per heavy atom. The molecular formula is C24H27N5O3. The Labute approximate surface area is 185 Å². The molecule has 1 amide bonds. The van der Waals surface area contributed by atoms with Crippen LogP contribution < -0.4 is 21.9 Å². The van der Waals surface area contributed by atoms with Crippen molar-refractivity contribution in [3.8, 4) is 0 Å². The number of nitrogens with two attached hydrogens (primary N) is 1. The number of likely N-dealkylation sites (tertiary alicyclic amines) is 1. The lowest BCUT2D eigenvalue weighted by Gasteiger charge is -2.28. The number of amides is 1. The topological polar surface area (TPSA) is 104 Å². The van der Waals surface area contributed by atoms with Crippen molar-refractivity contribution in [2.75, 3.05) is 30.3 Å². The van der Waals surface area contributed by atoms with Gasteiger partial charge >= 0.3 is 5.69 Å². The lowest BCUT2D eigenvalue weighted by Crippen LogP contribution is -2.41. The molecule has 32 heavy (non-hydrogen) atoms. The number of rotatable bonds is 8. The number of aromatic nitrogens is 2. The van der Waals surface area contributed by atoms with Crippen molar-refractivity contribution in [3.05, 3.63) is 92.6 Å². The molecule has 3 N–H and O–H groups in total. The molecule has 8 heteroatoms. The molecular weight excluding hydrogens is 406 g/mol. The van der Waals surface area contributed by atoms with Crippen molar-refractivity contribution in [1.29, 1.82) is 0 Å². The number of carbonyl (C=O) groups is 1. The van der Waals surface area contributed by atoms with Crippen molar-refractivity contribution in [3.63, 3.8) is 0 Å². The van der Waals surface area contributed by atoms with Gasteiger partial charge in [-0.05, 0) is 17.5 Å². The van der Waals surface area contributed by atoms with Crippen molar-refractivity contribution in [2.24, 2.45) is 0 Å². The Bertz CT molecular complexity index is 1190. The molecule has 0 atom stereocenters. The summed E-state index contributed by atoms with van der Waals surface area (Å²) in [6, 6.07) is 19.2. The second kappa shape index (κ2) is 9.55. The summed E-state index contributed by atoms with van der Waals surface area (Å²) in [4.78, 5) is 43.6. The van der Waals surface area contributed by atoms with E-state index in [1.165, 1.54) is 4.57 Å². The quantitative estimate of drug-likeness (QED) is 0.564. The second-order valence-electron chi connectivity index (χ2n) is 7.96. The summed E-state index contributed by atoms with van der Waals surface area (Å²) in [5.74, 6) is 0.242.